The fourth-order valence-electron chi connectivity index (χ4n) is 2.71. The van der Waals surface area contributed by atoms with Gasteiger partial charge in [-0.15, -0.1) is 0 Å². The van der Waals surface area contributed by atoms with Crippen LogP contribution in [-0.4, -0.2) is 54.9 Å². The maximum absolute atomic E-state index is 11.7. The lowest BCUT2D eigenvalue weighted by Gasteiger charge is -2.32. The summed E-state index contributed by atoms with van der Waals surface area (Å²) in [7, 11) is 0. The van der Waals surface area contributed by atoms with E-state index in [1.807, 2.05) is 19.1 Å². The monoisotopic (exact) mass is 341 g/mol. The first-order valence-electron chi connectivity index (χ1n) is 8.04. The summed E-state index contributed by atoms with van der Waals surface area (Å²) in [5.74, 6) is 0.542. The van der Waals surface area contributed by atoms with E-state index in [-0.39, 0.29) is 18.5 Å². The van der Waals surface area contributed by atoms with Gasteiger partial charge < -0.3 is 19.5 Å². The lowest BCUT2D eigenvalue weighted by molar-refractivity contribution is -0.149. The van der Waals surface area contributed by atoms with Gasteiger partial charge in [-0.1, -0.05) is 17.7 Å². The Bertz CT molecular complexity index is 503. The summed E-state index contributed by atoms with van der Waals surface area (Å²) in [5, 5.41) is 10.7. The lowest BCUT2D eigenvalue weighted by atomic mass is 9.97. The maximum atomic E-state index is 11.7. The summed E-state index contributed by atoms with van der Waals surface area (Å²) >= 11 is 5.89. The minimum atomic E-state index is -0.576. The van der Waals surface area contributed by atoms with Gasteiger partial charge in [0.2, 0.25) is 0 Å². The van der Waals surface area contributed by atoms with E-state index in [2.05, 4.69) is 4.90 Å². The molecule has 1 saturated heterocycles. The highest BCUT2D eigenvalue weighted by Crippen LogP contribution is 2.20. The molecular weight excluding hydrogens is 318 g/mol. The minimum Gasteiger partial charge on any atom is -0.491 e. The molecule has 0 bridgehead atoms. The van der Waals surface area contributed by atoms with Crippen LogP contribution in [0.1, 0.15) is 19.8 Å². The third kappa shape index (κ3) is 6.01. The van der Waals surface area contributed by atoms with Crippen LogP contribution in [0.5, 0.6) is 5.75 Å². The minimum absolute atomic E-state index is 0.00828. The molecule has 1 N–H and O–H groups in total. The predicted octanol–water partition coefficient (Wildman–Crippen LogP) is 2.35. The van der Waals surface area contributed by atoms with Crippen LogP contribution in [0.25, 0.3) is 0 Å². The SMILES string of the molecule is CCOC(=O)C1CCN(C[C@@H](O)COc2cccc(Cl)c2)CC1. The first-order valence-corrected chi connectivity index (χ1v) is 8.41. The van der Waals surface area contributed by atoms with Crippen LogP contribution in [0.3, 0.4) is 0 Å². The highest BCUT2D eigenvalue weighted by Gasteiger charge is 2.26. The zero-order chi connectivity index (χ0) is 16.7. The topological polar surface area (TPSA) is 59.0 Å². The molecule has 0 radical (unpaired) electrons. The molecule has 1 fully saturated rings. The van der Waals surface area contributed by atoms with Gasteiger partial charge in [0.15, 0.2) is 0 Å². The Morgan fingerprint density at radius 1 is 1.43 bits per heavy atom. The molecule has 0 saturated carbocycles. The molecule has 5 nitrogen and oxygen atoms in total. The van der Waals surface area contributed by atoms with Gasteiger partial charge in [-0.3, -0.25) is 4.79 Å². The van der Waals surface area contributed by atoms with Crippen molar-refractivity contribution in [2.75, 3.05) is 32.8 Å². The number of esters is 1. The number of benzene rings is 1. The number of aliphatic hydroxyl groups excluding tert-OH is 1. The Hall–Kier alpha value is -1.30. The molecule has 0 unspecified atom stereocenters. The van der Waals surface area contributed by atoms with Crippen molar-refractivity contribution in [2.45, 2.75) is 25.9 Å². The molecule has 1 aliphatic heterocycles. The highest BCUT2D eigenvalue weighted by molar-refractivity contribution is 6.30. The van der Waals surface area contributed by atoms with E-state index in [4.69, 9.17) is 21.1 Å². The summed E-state index contributed by atoms with van der Waals surface area (Å²) in [4.78, 5) is 13.8. The van der Waals surface area contributed by atoms with Crippen molar-refractivity contribution in [3.63, 3.8) is 0 Å². The Labute approximate surface area is 142 Å². The number of rotatable bonds is 7. The average molecular weight is 342 g/mol. The van der Waals surface area contributed by atoms with Crippen LogP contribution in [-0.2, 0) is 9.53 Å². The van der Waals surface area contributed by atoms with E-state index >= 15 is 0 Å². The van der Waals surface area contributed by atoms with Gasteiger partial charge in [-0.05, 0) is 51.1 Å². The molecule has 0 aliphatic carbocycles. The number of β-amino-alcohol motifs (C(OH)–C–C–N with tert-alkyl or cyclic N) is 1. The van der Waals surface area contributed by atoms with Crippen LogP contribution >= 0.6 is 11.6 Å². The Morgan fingerprint density at radius 2 is 2.17 bits per heavy atom. The lowest BCUT2D eigenvalue weighted by Crippen LogP contribution is -2.42. The van der Waals surface area contributed by atoms with Crippen molar-refractivity contribution in [1.82, 2.24) is 4.90 Å². The number of hydrogen-bond donors (Lipinski definition) is 1. The number of ether oxygens (including phenoxy) is 2. The van der Waals surface area contributed by atoms with Gasteiger partial charge in [-0.2, -0.15) is 0 Å². The second kappa shape index (κ2) is 9.11. The van der Waals surface area contributed by atoms with Crippen LogP contribution < -0.4 is 4.74 Å². The fraction of sp³-hybridized carbons (Fsp3) is 0.588. The molecule has 0 aromatic heterocycles. The zero-order valence-electron chi connectivity index (χ0n) is 13.4. The van der Waals surface area contributed by atoms with E-state index in [9.17, 15) is 9.90 Å². The van der Waals surface area contributed by atoms with Crippen molar-refractivity contribution in [2.24, 2.45) is 5.92 Å². The maximum Gasteiger partial charge on any atom is 0.309 e. The van der Waals surface area contributed by atoms with E-state index in [1.165, 1.54) is 0 Å². The molecular formula is C17H24ClNO4. The summed E-state index contributed by atoms with van der Waals surface area (Å²) in [6.45, 7) is 4.59. The average Bonchev–Trinajstić information content (AvgIpc) is 2.54. The summed E-state index contributed by atoms with van der Waals surface area (Å²) in [6, 6.07) is 7.12. The van der Waals surface area contributed by atoms with Crippen molar-refractivity contribution in [1.29, 1.82) is 0 Å². The molecule has 1 aromatic rings. The van der Waals surface area contributed by atoms with Gasteiger partial charge in [0.1, 0.15) is 18.5 Å². The third-order valence-electron chi connectivity index (χ3n) is 3.91. The van der Waals surface area contributed by atoms with Crippen LogP contribution in [0.15, 0.2) is 24.3 Å². The number of halogens is 1. The van der Waals surface area contributed by atoms with Gasteiger partial charge in [-0.25, -0.2) is 0 Å². The smallest absolute Gasteiger partial charge is 0.309 e. The molecule has 128 valence electrons. The van der Waals surface area contributed by atoms with Crippen LogP contribution in [0.2, 0.25) is 5.02 Å². The van der Waals surface area contributed by atoms with Gasteiger partial charge in [0.25, 0.3) is 0 Å². The summed E-state index contributed by atoms with van der Waals surface area (Å²) in [6.07, 6.45) is 0.981. The second-order valence-electron chi connectivity index (χ2n) is 5.75. The largest absolute Gasteiger partial charge is 0.491 e. The molecule has 0 spiro atoms. The number of piperidine rings is 1. The van der Waals surface area contributed by atoms with E-state index < -0.39 is 6.10 Å². The number of aliphatic hydroxyl groups is 1. The van der Waals surface area contributed by atoms with Crippen LogP contribution in [0, 0.1) is 5.92 Å². The molecule has 0 amide bonds. The normalized spacial score (nSPS) is 17.7. The number of carbonyl (C=O) groups is 1. The van der Waals surface area contributed by atoms with Gasteiger partial charge in [0, 0.05) is 11.6 Å². The summed E-state index contributed by atoms with van der Waals surface area (Å²) in [5.41, 5.74) is 0. The Balaban J connectivity index is 1.68. The molecule has 23 heavy (non-hydrogen) atoms. The van der Waals surface area contributed by atoms with Crippen molar-refractivity contribution >= 4 is 17.6 Å². The second-order valence-corrected chi connectivity index (χ2v) is 6.19. The first-order chi connectivity index (χ1) is 11.1. The Kier molecular flexibility index (Phi) is 7.15. The number of carbonyl (C=O) groups excluding carboxylic acids is 1. The van der Waals surface area contributed by atoms with Crippen molar-refractivity contribution in [3.8, 4) is 5.75 Å². The van der Waals surface area contributed by atoms with E-state index in [0.29, 0.717) is 23.9 Å². The fourth-order valence-corrected chi connectivity index (χ4v) is 2.89. The Morgan fingerprint density at radius 3 is 2.83 bits per heavy atom. The highest BCUT2D eigenvalue weighted by atomic mass is 35.5. The number of nitrogens with zero attached hydrogens (tertiary/aromatic N) is 1. The number of hydrogen-bond acceptors (Lipinski definition) is 5. The summed E-state index contributed by atoms with van der Waals surface area (Å²) < 4.78 is 10.6. The molecule has 1 atom stereocenters. The van der Waals surface area contributed by atoms with Gasteiger partial charge in [0.05, 0.1) is 12.5 Å². The van der Waals surface area contributed by atoms with Crippen molar-refractivity contribution < 1.29 is 19.4 Å². The predicted molar refractivity (Wildman–Crippen MR) is 88.8 cm³/mol. The molecule has 1 aliphatic rings. The molecule has 6 heteroatoms. The van der Waals surface area contributed by atoms with Gasteiger partial charge >= 0.3 is 5.97 Å². The molecule has 2 rings (SSSR count). The standard InChI is InChI=1S/C17H24ClNO4/c1-2-22-17(21)13-6-8-19(9-7-13)11-15(20)12-23-16-5-3-4-14(18)10-16/h3-5,10,13,15,20H,2,6-9,11-12H2,1H3/t15-/m1/s1. The molecule has 1 heterocycles. The van der Waals surface area contributed by atoms with E-state index in [0.717, 1.165) is 25.9 Å². The first kappa shape index (κ1) is 18.0. The number of likely N-dealkylation sites (tertiary alicyclic amines) is 1. The van der Waals surface area contributed by atoms with Crippen molar-refractivity contribution in [3.05, 3.63) is 29.3 Å². The zero-order valence-corrected chi connectivity index (χ0v) is 14.2. The molecule has 1 aromatic carbocycles. The quantitative estimate of drug-likeness (QED) is 0.771. The third-order valence-corrected chi connectivity index (χ3v) is 4.15. The van der Waals surface area contributed by atoms with E-state index in [1.54, 1.807) is 12.1 Å². The van der Waals surface area contributed by atoms with Crippen LogP contribution in [0.4, 0.5) is 0 Å².